The molecule has 1 fully saturated rings. The summed E-state index contributed by atoms with van der Waals surface area (Å²) in [5.41, 5.74) is 6.70. The Hall–Kier alpha value is -3.69. The molecule has 37 heavy (non-hydrogen) atoms. The highest BCUT2D eigenvalue weighted by molar-refractivity contribution is 8.02. The van der Waals surface area contributed by atoms with Gasteiger partial charge in [0.05, 0.1) is 5.69 Å². The number of hydrogen-bond acceptors (Lipinski definition) is 12. The molecule has 15 heteroatoms. The van der Waals surface area contributed by atoms with Crippen LogP contribution in [0.4, 0.5) is 5.13 Å². The highest BCUT2D eigenvalue weighted by atomic mass is 32.2. The normalized spacial score (nSPS) is 19.4. The van der Waals surface area contributed by atoms with Gasteiger partial charge in [0.2, 0.25) is 11.5 Å². The largest absolute Gasteiger partial charge is 0.477 e. The summed E-state index contributed by atoms with van der Waals surface area (Å²) in [4.78, 5) is 52.4. The number of carbonyl (C=O) groups excluding carboxylic acids is 2. The maximum absolute atomic E-state index is 13.0. The van der Waals surface area contributed by atoms with Crippen molar-refractivity contribution in [2.75, 3.05) is 23.8 Å². The Morgan fingerprint density at radius 2 is 2.27 bits per heavy atom. The number of hydrogen-bond donors (Lipinski definition) is 3. The number of oxime groups is 1. The van der Waals surface area contributed by atoms with E-state index in [9.17, 15) is 19.5 Å². The van der Waals surface area contributed by atoms with Gasteiger partial charge in [-0.2, -0.15) is 9.36 Å². The first-order valence-corrected chi connectivity index (χ1v) is 13.6. The molecule has 1 unspecified atom stereocenters. The summed E-state index contributed by atoms with van der Waals surface area (Å²) in [6.45, 7) is 3.55. The molecule has 4 rings (SSSR count). The van der Waals surface area contributed by atoms with Crippen molar-refractivity contribution < 1.29 is 24.3 Å². The molecular formula is C22H21N7O5S3. The van der Waals surface area contributed by atoms with E-state index in [4.69, 9.17) is 10.6 Å². The lowest BCUT2D eigenvalue weighted by Gasteiger charge is -2.49. The zero-order valence-corrected chi connectivity index (χ0v) is 21.6. The van der Waals surface area contributed by atoms with Gasteiger partial charge in [-0.05, 0) is 29.2 Å². The molecule has 2 aromatic rings. The number of pyridine rings is 1. The smallest absolute Gasteiger partial charge is 0.352 e. The molecule has 0 spiro atoms. The molecule has 2 aliphatic heterocycles. The first-order valence-electron chi connectivity index (χ1n) is 10.7. The maximum atomic E-state index is 13.0. The third kappa shape index (κ3) is 6.00. The molecule has 12 nitrogen and oxygen atoms in total. The van der Waals surface area contributed by atoms with Gasteiger partial charge in [-0.15, -0.1) is 23.5 Å². The number of carbonyl (C=O) groups is 3. The molecule has 0 saturated carbocycles. The molecule has 1 saturated heterocycles. The molecule has 2 atom stereocenters. The number of β-lactam (4-membered cyclic amide) rings is 1. The van der Waals surface area contributed by atoms with Crippen LogP contribution in [0.5, 0.6) is 0 Å². The number of amides is 2. The van der Waals surface area contributed by atoms with E-state index in [1.807, 2.05) is 29.7 Å². The van der Waals surface area contributed by atoms with E-state index in [1.165, 1.54) is 34.5 Å². The molecule has 2 amide bonds. The van der Waals surface area contributed by atoms with Gasteiger partial charge in [0.15, 0.2) is 5.13 Å². The third-order valence-corrected chi connectivity index (χ3v) is 7.76. The highest BCUT2D eigenvalue weighted by Gasteiger charge is 2.54. The predicted molar refractivity (Wildman–Crippen MR) is 142 cm³/mol. The van der Waals surface area contributed by atoms with Gasteiger partial charge < -0.3 is 21.0 Å². The molecule has 2 aliphatic rings. The van der Waals surface area contributed by atoms with Crippen LogP contribution in [0.2, 0.25) is 0 Å². The number of nitrogens with one attached hydrogen (secondary N) is 1. The molecular weight excluding hydrogens is 538 g/mol. The minimum atomic E-state index is -1.20. The van der Waals surface area contributed by atoms with Crippen LogP contribution in [0.25, 0.3) is 6.08 Å². The van der Waals surface area contributed by atoms with Gasteiger partial charge in [-0.3, -0.25) is 19.5 Å². The van der Waals surface area contributed by atoms with Crippen molar-refractivity contribution in [1.82, 2.24) is 24.6 Å². The fourth-order valence-electron chi connectivity index (χ4n) is 3.41. The Kier molecular flexibility index (Phi) is 8.58. The lowest BCUT2D eigenvalue weighted by atomic mass is 10.0. The van der Waals surface area contributed by atoms with Crippen molar-refractivity contribution in [2.45, 2.75) is 11.4 Å². The molecule has 0 bridgehead atoms. The second-order valence-electron chi connectivity index (χ2n) is 7.47. The summed E-state index contributed by atoms with van der Waals surface area (Å²) in [6, 6.07) is 4.59. The topological polar surface area (TPSA) is 173 Å². The number of anilines is 1. The zero-order chi connectivity index (χ0) is 26.4. The van der Waals surface area contributed by atoms with Crippen molar-refractivity contribution in [1.29, 1.82) is 0 Å². The lowest BCUT2D eigenvalue weighted by Crippen LogP contribution is -2.71. The minimum absolute atomic E-state index is 0.0373. The second kappa shape index (κ2) is 12.0. The highest BCUT2D eigenvalue weighted by Crippen LogP contribution is 2.41. The van der Waals surface area contributed by atoms with Crippen LogP contribution in [0, 0.1) is 0 Å². The van der Waals surface area contributed by atoms with Crippen LogP contribution >= 0.6 is 35.1 Å². The van der Waals surface area contributed by atoms with Crippen molar-refractivity contribution in [3.63, 3.8) is 0 Å². The van der Waals surface area contributed by atoms with Crippen LogP contribution in [-0.4, -0.2) is 77.4 Å². The first-order chi connectivity index (χ1) is 17.9. The Balaban J connectivity index is 1.45. The molecule has 4 heterocycles. The van der Waals surface area contributed by atoms with E-state index < -0.39 is 29.2 Å². The fraction of sp³-hybridized carbons (Fsp3) is 0.227. The molecule has 0 aromatic carbocycles. The lowest BCUT2D eigenvalue weighted by molar-refractivity contribution is -0.150. The molecule has 4 N–H and O–H groups in total. The SMILES string of the molecule is C=CCO/N=C(/C(=O)NC1C(=O)N2C(C(=O)O)=C(CS/C=C\c3ccccn3)CS[C@H]12)c1nsc(N)n1. The summed E-state index contributed by atoms with van der Waals surface area (Å²) in [7, 11) is 0. The quantitative estimate of drug-likeness (QED) is 0.120. The molecule has 2 aromatic heterocycles. The van der Waals surface area contributed by atoms with Gasteiger partial charge in [-0.25, -0.2) is 4.79 Å². The number of nitrogens with zero attached hydrogens (tertiary/aromatic N) is 5. The summed E-state index contributed by atoms with van der Waals surface area (Å²) in [5, 5.41) is 17.6. The number of rotatable bonds is 11. The van der Waals surface area contributed by atoms with Gasteiger partial charge >= 0.3 is 5.97 Å². The summed E-state index contributed by atoms with van der Waals surface area (Å²) in [6.07, 6.45) is 4.95. The van der Waals surface area contributed by atoms with Gasteiger partial charge in [0.1, 0.15) is 23.7 Å². The maximum Gasteiger partial charge on any atom is 0.352 e. The van der Waals surface area contributed by atoms with Crippen molar-refractivity contribution in [3.8, 4) is 0 Å². The number of nitrogen functional groups attached to an aromatic ring is 1. The van der Waals surface area contributed by atoms with E-state index in [0.29, 0.717) is 17.1 Å². The van der Waals surface area contributed by atoms with Gasteiger partial charge in [-0.1, -0.05) is 23.9 Å². The molecule has 0 aliphatic carbocycles. The molecule has 192 valence electrons. The van der Waals surface area contributed by atoms with Crippen LogP contribution in [0.3, 0.4) is 0 Å². The predicted octanol–water partition coefficient (Wildman–Crippen LogP) is 1.56. The number of carboxylic acids is 1. The van der Waals surface area contributed by atoms with Crippen LogP contribution in [-0.2, 0) is 19.2 Å². The van der Waals surface area contributed by atoms with E-state index in [1.54, 1.807) is 6.20 Å². The average Bonchev–Trinajstić information content (AvgIpc) is 3.33. The average molecular weight is 560 g/mol. The van der Waals surface area contributed by atoms with E-state index in [2.05, 4.69) is 31.4 Å². The number of thioether (sulfide) groups is 2. The Morgan fingerprint density at radius 1 is 1.43 bits per heavy atom. The number of aliphatic carboxylic acids is 1. The Bertz CT molecular complexity index is 1290. The van der Waals surface area contributed by atoms with Crippen LogP contribution in [0.1, 0.15) is 11.5 Å². The van der Waals surface area contributed by atoms with Crippen LogP contribution in [0.15, 0.2) is 58.9 Å². The summed E-state index contributed by atoms with van der Waals surface area (Å²) >= 11 is 3.65. The molecule has 0 radical (unpaired) electrons. The summed E-state index contributed by atoms with van der Waals surface area (Å²) < 4.78 is 3.98. The summed E-state index contributed by atoms with van der Waals surface area (Å²) in [5.74, 6) is -1.75. The second-order valence-corrected chi connectivity index (χ2v) is 10.2. The Labute approximate surface area is 223 Å². The third-order valence-electron chi connectivity index (χ3n) is 5.03. The van der Waals surface area contributed by atoms with Crippen molar-refractivity contribution >= 4 is 69.8 Å². The standard InChI is InChI=1S/C22H21N7O5S3/c1-2-8-34-27-14(17-26-22(23)37-28-17)18(30)25-15-19(31)29-16(21(32)33)12(11-36-20(15)29)10-35-9-6-13-5-3-4-7-24-13/h2-7,9,15,20H,1,8,10-11H2,(H,25,30)(H,32,33)(H2,23,26,28)/b9-6-,27-14+/t15?,20-/m1/s1. The number of nitrogens with two attached hydrogens (primary N) is 1. The minimum Gasteiger partial charge on any atom is -0.477 e. The number of fused-ring (bicyclic) bond motifs is 1. The zero-order valence-electron chi connectivity index (χ0n) is 19.1. The first kappa shape index (κ1) is 26.4. The van der Waals surface area contributed by atoms with Crippen molar-refractivity contribution in [3.05, 3.63) is 65.2 Å². The van der Waals surface area contributed by atoms with E-state index >= 15 is 0 Å². The van der Waals surface area contributed by atoms with Crippen molar-refractivity contribution in [2.24, 2.45) is 5.16 Å². The number of aromatic nitrogens is 3. The monoisotopic (exact) mass is 559 g/mol. The van der Waals surface area contributed by atoms with E-state index in [0.717, 1.165) is 17.2 Å². The van der Waals surface area contributed by atoms with Gasteiger partial charge in [0, 0.05) is 29.2 Å². The van der Waals surface area contributed by atoms with E-state index in [-0.39, 0.29) is 29.0 Å². The fourth-order valence-corrected chi connectivity index (χ4v) is 6.10. The van der Waals surface area contributed by atoms with Gasteiger partial charge in [0.25, 0.3) is 11.8 Å². The Morgan fingerprint density at radius 3 is 2.95 bits per heavy atom. The van der Waals surface area contributed by atoms with Crippen LogP contribution < -0.4 is 11.1 Å². The number of carboxylic acid groups (broad SMARTS) is 1.